The molecule has 0 saturated heterocycles. The SMILES string of the molecule is CC(C)CCC(=O)CCOCCNC(=O)C(C)C. The molecule has 1 amide bonds. The van der Waals surface area contributed by atoms with E-state index >= 15 is 0 Å². The third-order valence-electron chi connectivity index (χ3n) is 2.60. The standard InChI is InChI=1S/C14H27NO3/c1-11(2)5-6-13(16)7-9-18-10-8-15-14(17)12(3)4/h11-12H,5-10H2,1-4H3,(H,15,17). The minimum atomic E-state index is 0.00242. The lowest BCUT2D eigenvalue weighted by atomic mass is 10.0. The molecule has 0 unspecified atom stereocenters. The van der Waals surface area contributed by atoms with Gasteiger partial charge in [-0.1, -0.05) is 27.7 Å². The summed E-state index contributed by atoms with van der Waals surface area (Å²) in [6.45, 7) is 9.36. The predicted molar refractivity (Wildman–Crippen MR) is 72.4 cm³/mol. The molecule has 0 fully saturated rings. The molecule has 0 bridgehead atoms. The van der Waals surface area contributed by atoms with Crippen molar-refractivity contribution < 1.29 is 14.3 Å². The molecule has 0 radical (unpaired) electrons. The Balaban J connectivity index is 3.35. The molecule has 0 aromatic heterocycles. The van der Waals surface area contributed by atoms with Crippen LogP contribution in [0.3, 0.4) is 0 Å². The number of Topliss-reactive ketones (excluding diaryl/α,β-unsaturated/α-hetero) is 1. The third-order valence-corrected chi connectivity index (χ3v) is 2.60. The molecule has 18 heavy (non-hydrogen) atoms. The van der Waals surface area contributed by atoms with E-state index in [1.807, 2.05) is 13.8 Å². The van der Waals surface area contributed by atoms with Gasteiger partial charge in [-0.05, 0) is 12.3 Å². The molecule has 4 nitrogen and oxygen atoms in total. The first-order valence-corrected chi connectivity index (χ1v) is 6.80. The van der Waals surface area contributed by atoms with Gasteiger partial charge in [0.1, 0.15) is 5.78 Å². The van der Waals surface area contributed by atoms with E-state index in [4.69, 9.17) is 4.74 Å². The predicted octanol–water partition coefficient (Wildman–Crippen LogP) is 2.17. The van der Waals surface area contributed by atoms with Gasteiger partial charge >= 0.3 is 0 Å². The second-order valence-electron chi connectivity index (χ2n) is 5.28. The number of ether oxygens (including phenoxy) is 1. The Bertz CT molecular complexity index is 249. The lowest BCUT2D eigenvalue weighted by molar-refractivity contribution is -0.124. The molecular weight excluding hydrogens is 230 g/mol. The Hall–Kier alpha value is -0.900. The molecule has 0 atom stereocenters. The van der Waals surface area contributed by atoms with Crippen molar-refractivity contribution in [2.75, 3.05) is 19.8 Å². The lowest BCUT2D eigenvalue weighted by Gasteiger charge is -2.08. The van der Waals surface area contributed by atoms with E-state index < -0.39 is 0 Å². The second-order valence-corrected chi connectivity index (χ2v) is 5.28. The van der Waals surface area contributed by atoms with Crippen molar-refractivity contribution in [3.05, 3.63) is 0 Å². The average Bonchev–Trinajstić information content (AvgIpc) is 2.30. The Morgan fingerprint density at radius 3 is 2.28 bits per heavy atom. The molecule has 0 aliphatic carbocycles. The highest BCUT2D eigenvalue weighted by molar-refractivity contribution is 5.78. The van der Waals surface area contributed by atoms with Crippen LogP contribution in [-0.2, 0) is 14.3 Å². The van der Waals surface area contributed by atoms with Crippen molar-refractivity contribution in [2.45, 2.75) is 47.0 Å². The quantitative estimate of drug-likeness (QED) is 0.610. The fourth-order valence-electron chi connectivity index (χ4n) is 1.31. The average molecular weight is 257 g/mol. The Labute approximate surface area is 110 Å². The summed E-state index contributed by atoms with van der Waals surface area (Å²) in [5, 5.41) is 2.76. The molecule has 0 aromatic carbocycles. The summed E-state index contributed by atoms with van der Waals surface area (Å²) in [6, 6.07) is 0. The molecule has 0 rings (SSSR count). The number of hydrogen-bond acceptors (Lipinski definition) is 3. The van der Waals surface area contributed by atoms with Crippen LogP contribution < -0.4 is 5.32 Å². The van der Waals surface area contributed by atoms with Gasteiger partial charge in [-0.25, -0.2) is 0 Å². The van der Waals surface area contributed by atoms with E-state index in [2.05, 4.69) is 19.2 Å². The molecule has 4 heteroatoms. The van der Waals surface area contributed by atoms with Crippen LogP contribution in [0.1, 0.15) is 47.0 Å². The van der Waals surface area contributed by atoms with Crippen LogP contribution in [0.25, 0.3) is 0 Å². The smallest absolute Gasteiger partial charge is 0.222 e. The summed E-state index contributed by atoms with van der Waals surface area (Å²) in [5.41, 5.74) is 0. The number of rotatable bonds is 10. The number of carbonyl (C=O) groups excluding carboxylic acids is 2. The fourth-order valence-corrected chi connectivity index (χ4v) is 1.31. The van der Waals surface area contributed by atoms with Gasteiger partial charge < -0.3 is 10.1 Å². The number of amides is 1. The highest BCUT2D eigenvalue weighted by Crippen LogP contribution is 2.05. The van der Waals surface area contributed by atoms with Crippen LogP contribution in [0, 0.1) is 11.8 Å². The third kappa shape index (κ3) is 10.3. The van der Waals surface area contributed by atoms with E-state index in [0.29, 0.717) is 38.5 Å². The zero-order valence-corrected chi connectivity index (χ0v) is 12.1. The normalized spacial score (nSPS) is 11.0. The number of carbonyl (C=O) groups is 2. The van der Waals surface area contributed by atoms with Crippen molar-refractivity contribution in [1.82, 2.24) is 5.32 Å². The zero-order chi connectivity index (χ0) is 14.0. The molecule has 0 aliphatic heterocycles. The Morgan fingerprint density at radius 1 is 1.06 bits per heavy atom. The van der Waals surface area contributed by atoms with E-state index in [0.717, 1.165) is 6.42 Å². The minimum absolute atomic E-state index is 0.00242. The number of hydrogen-bond donors (Lipinski definition) is 1. The first kappa shape index (κ1) is 17.1. The van der Waals surface area contributed by atoms with Crippen LogP contribution >= 0.6 is 0 Å². The molecule has 0 spiro atoms. The summed E-state index contributed by atoms with van der Waals surface area (Å²) in [6.07, 6.45) is 2.07. The monoisotopic (exact) mass is 257 g/mol. The van der Waals surface area contributed by atoms with Gasteiger partial charge in [0.15, 0.2) is 0 Å². The van der Waals surface area contributed by atoms with Gasteiger partial charge in [-0.2, -0.15) is 0 Å². The van der Waals surface area contributed by atoms with Crippen LogP contribution in [-0.4, -0.2) is 31.4 Å². The van der Waals surface area contributed by atoms with Crippen molar-refractivity contribution >= 4 is 11.7 Å². The maximum Gasteiger partial charge on any atom is 0.222 e. The lowest BCUT2D eigenvalue weighted by Crippen LogP contribution is -2.30. The van der Waals surface area contributed by atoms with Crippen molar-refractivity contribution in [3.8, 4) is 0 Å². The molecular formula is C14H27NO3. The van der Waals surface area contributed by atoms with Gasteiger partial charge in [-0.3, -0.25) is 9.59 Å². The maximum atomic E-state index is 11.4. The summed E-state index contributed by atoms with van der Waals surface area (Å²) >= 11 is 0. The second kappa shape index (κ2) is 10.1. The van der Waals surface area contributed by atoms with Gasteiger partial charge in [-0.15, -0.1) is 0 Å². The number of nitrogens with one attached hydrogen (secondary N) is 1. The fraction of sp³-hybridized carbons (Fsp3) is 0.857. The van der Waals surface area contributed by atoms with E-state index in [-0.39, 0.29) is 17.6 Å². The minimum Gasteiger partial charge on any atom is -0.379 e. The largest absolute Gasteiger partial charge is 0.379 e. The van der Waals surface area contributed by atoms with Crippen LogP contribution in [0.2, 0.25) is 0 Å². The first-order valence-electron chi connectivity index (χ1n) is 6.80. The number of ketones is 1. The highest BCUT2D eigenvalue weighted by atomic mass is 16.5. The van der Waals surface area contributed by atoms with Crippen molar-refractivity contribution in [1.29, 1.82) is 0 Å². The molecule has 0 aliphatic rings. The molecule has 0 saturated carbocycles. The van der Waals surface area contributed by atoms with Gasteiger partial charge in [0.2, 0.25) is 5.91 Å². The van der Waals surface area contributed by atoms with Gasteiger partial charge in [0.05, 0.1) is 13.2 Å². The van der Waals surface area contributed by atoms with Crippen LogP contribution in [0.15, 0.2) is 0 Å². The molecule has 0 heterocycles. The van der Waals surface area contributed by atoms with Gasteiger partial charge in [0.25, 0.3) is 0 Å². The van der Waals surface area contributed by atoms with Crippen molar-refractivity contribution in [3.63, 3.8) is 0 Å². The molecule has 1 N–H and O–H groups in total. The van der Waals surface area contributed by atoms with Crippen LogP contribution in [0.4, 0.5) is 0 Å². The summed E-state index contributed by atoms with van der Waals surface area (Å²) in [7, 11) is 0. The van der Waals surface area contributed by atoms with E-state index in [1.54, 1.807) is 0 Å². The van der Waals surface area contributed by atoms with Gasteiger partial charge in [0, 0.05) is 25.3 Å². The zero-order valence-electron chi connectivity index (χ0n) is 12.1. The maximum absolute atomic E-state index is 11.4. The van der Waals surface area contributed by atoms with E-state index in [1.165, 1.54) is 0 Å². The summed E-state index contributed by atoms with van der Waals surface area (Å²) in [5.74, 6) is 0.866. The van der Waals surface area contributed by atoms with Crippen molar-refractivity contribution in [2.24, 2.45) is 11.8 Å². The highest BCUT2D eigenvalue weighted by Gasteiger charge is 2.06. The molecule has 0 aromatic rings. The molecule has 106 valence electrons. The summed E-state index contributed by atoms with van der Waals surface area (Å²) in [4.78, 5) is 22.6. The topological polar surface area (TPSA) is 55.4 Å². The Morgan fingerprint density at radius 2 is 1.72 bits per heavy atom. The van der Waals surface area contributed by atoms with E-state index in [9.17, 15) is 9.59 Å². The Kier molecular flexibility index (Phi) is 9.56. The first-order chi connectivity index (χ1) is 8.43. The van der Waals surface area contributed by atoms with Crippen LogP contribution in [0.5, 0.6) is 0 Å². The summed E-state index contributed by atoms with van der Waals surface area (Å²) < 4.78 is 5.31.